The van der Waals surface area contributed by atoms with Gasteiger partial charge >= 0.3 is 6.18 Å². The fourth-order valence-corrected chi connectivity index (χ4v) is 3.58. The highest BCUT2D eigenvalue weighted by Gasteiger charge is 2.49. The summed E-state index contributed by atoms with van der Waals surface area (Å²) < 4.78 is 45.7. The molecule has 2 heterocycles. The van der Waals surface area contributed by atoms with Crippen LogP contribution in [0.4, 0.5) is 18.9 Å². The zero-order chi connectivity index (χ0) is 21.9. The van der Waals surface area contributed by atoms with Gasteiger partial charge in [-0.15, -0.1) is 0 Å². The van der Waals surface area contributed by atoms with E-state index in [2.05, 4.69) is 4.98 Å². The second kappa shape index (κ2) is 8.76. The van der Waals surface area contributed by atoms with Gasteiger partial charge in [-0.2, -0.15) is 13.2 Å². The number of hydrogen-bond acceptors (Lipinski definition) is 7. The van der Waals surface area contributed by atoms with Crippen molar-refractivity contribution in [1.82, 2.24) is 9.88 Å². The van der Waals surface area contributed by atoms with E-state index in [1.807, 2.05) is 0 Å². The van der Waals surface area contributed by atoms with Crippen molar-refractivity contribution in [1.29, 1.82) is 0 Å². The van der Waals surface area contributed by atoms with E-state index in [0.717, 1.165) is 6.20 Å². The SMILES string of the molecule is N[C@H](C=O)C(c1ccc(Oc2ccc([N+](=O)[O-])cn2)cc1)N1CCC[C@H]1C(F)(F)F. The van der Waals surface area contributed by atoms with Gasteiger partial charge in [-0.1, -0.05) is 12.1 Å². The van der Waals surface area contributed by atoms with Crippen LogP contribution in [0.3, 0.4) is 0 Å². The summed E-state index contributed by atoms with van der Waals surface area (Å²) in [4.78, 5) is 26.4. The molecule has 0 aliphatic carbocycles. The van der Waals surface area contributed by atoms with Crippen LogP contribution in [0.5, 0.6) is 11.6 Å². The summed E-state index contributed by atoms with van der Waals surface area (Å²) in [5.74, 6) is 0.443. The Labute approximate surface area is 169 Å². The van der Waals surface area contributed by atoms with Crippen LogP contribution in [-0.2, 0) is 4.79 Å². The number of nitro groups is 1. The van der Waals surface area contributed by atoms with Gasteiger partial charge in [-0.25, -0.2) is 4.98 Å². The Hall–Kier alpha value is -3.05. The zero-order valence-corrected chi connectivity index (χ0v) is 15.7. The summed E-state index contributed by atoms with van der Waals surface area (Å²) in [5, 5.41) is 10.7. The first kappa shape index (κ1) is 21.7. The normalized spacial score (nSPS) is 19.3. The Morgan fingerprint density at radius 3 is 2.50 bits per heavy atom. The first-order chi connectivity index (χ1) is 14.2. The molecule has 3 rings (SSSR count). The van der Waals surface area contributed by atoms with Gasteiger partial charge in [0.1, 0.15) is 24.3 Å². The number of nitrogens with zero attached hydrogens (tertiary/aromatic N) is 3. The second-order valence-electron chi connectivity index (χ2n) is 6.88. The molecule has 8 nitrogen and oxygen atoms in total. The molecule has 1 aliphatic heterocycles. The third-order valence-electron chi connectivity index (χ3n) is 4.93. The monoisotopic (exact) mass is 424 g/mol. The lowest BCUT2D eigenvalue weighted by Gasteiger charge is -2.36. The summed E-state index contributed by atoms with van der Waals surface area (Å²) in [6.07, 6.45) is -2.60. The minimum atomic E-state index is -4.41. The molecule has 0 radical (unpaired) electrons. The van der Waals surface area contributed by atoms with Crippen molar-refractivity contribution in [3.8, 4) is 11.6 Å². The van der Waals surface area contributed by atoms with Gasteiger partial charge in [0.25, 0.3) is 5.69 Å². The molecule has 1 aromatic carbocycles. The summed E-state index contributed by atoms with van der Waals surface area (Å²) >= 11 is 0. The van der Waals surface area contributed by atoms with Crippen LogP contribution in [0.2, 0.25) is 0 Å². The Bertz CT molecular complexity index is 890. The first-order valence-electron chi connectivity index (χ1n) is 9.12. The van der Waals surface area contributed by atoms with E-state index in [1.54, 1.807) is 12.1 Å². The lowest BCUT2D eigenvalue weighted by molar-refractivity contribution is -0.385. The van der Waals surface area contributed by atoms with E-state index in [0.29, 0.717) is 24.0 Å². The molecule has 3 atom stereocenters. The number of aldehydes is 1. The molecule has 0 spiro atoms. The number of aromatic nitrogens is 1. The third kappa shape index (κ3) is 4.74. The van der Waals surface area contributed by atoms with E-state index in [1.165, 1.54) is 29.2 Å². The number of benzene rings is 1. The lowest BCUT2D eigenvalue weighted by Crippen LogP contribution is -2.49. The predicted molar refractivity (Wildman–Crippen MR) is 100.0 cm³/mol. The molecule has 160 valence electrons. The van der Waals surface area contributed by atoms with Gasteiger partial charge in [0.05, 0.1) is 17.0 Å². The van der Waals surface area contributed by atoms with E-state index in [4.69, 9.17) is 10.5 Å². The molecular formula is C19H19F3N4O4. The van der Waals surface area contributed by atoms with Crippen molar-refractivity contribution in [2.45, 2.75) is 37.1 Å². The molecule has 1 aliphatic rings. The maximum absolute atomic E-state index is 13.4. The number of likely N-dealkylation sites (tertiary alicyclic amines) is 1. The van der Waals surface area contributed by atoms with Crippen LogP contribution in [0.25, 0.3) is 0 Å². The fourth-order valence-electron chi connectivity index (χ4n) is 3.58. The smallest absolute Gasteiger partial charge is 0.404 e. The average Bonchev–Trinajstić information content (AvgIpc) is 3.19. The van der Waals surface area contributed by atoms with Crippen molar-refractivity contribution in [3.63, 3.8) is 0 Å². The maximum Gasteiger partial charge on any atom is 0.404 e. The molecule has 1 aromatic heterocycles. The molecule has 1 fully saturated rings. The quantitative estimate of drug-likeness (QED) is 0.412. The Morgan fingerprint density at radius 1 is 1.27 bits per heavy atom. The molecule has 11 heteroatoms. The predicted octanol–water partition coefficient (Wildman–Crippen LogP) is 3.38. The van der Waals surface area contributed by atoms with Gasteiger partial charge < -0.3 is 15.3 Å². The standard InChI is InChI=1S/C19H19F3N4O4/c20-19(21,22)16-2-1-9-25(16)18(15(23)11-27)12-3-6-14(7-4-12)30-17-8-5-13(10-24-17)26(28)29/h3-8,10-11,15-16,18H,1-2,9,23H2/t15-,16+,18?/m1/s1. The minimum Gasteiger partial charge on any atom is -0.439 e. The van der Waals surface area contributed by atoms with E-state index in [-0.39, 0.29) is 24.5 Å². The summed E-state index contributed by atoms with van der Waals surface area (Å²) in [5.41, 5.74) is 6.13. The summed E-state index contributed by atoms with van der Waals surface area (Å²) in [6, 6.07) is 4.97. The molecule has 1 saturated heterocycles. The number of halogens is 3. The van der Waals surface area contributed by atoms with Gasteiger partial charge in [0, 0.05) is 12.1 Å². The topological polar surface area (TPSA) is 112 Å². The zero-order valence-electron chi connectivity index (χ0n) is 15.7. The molecule has 2 N–H and O–H groups in total. The van der Waals surface area contributed by atoms with Crippen molar-refractivity contribution in [2.24, 2.45) is 5.73 Å². The van der Waals surface area contributed by atoms with Crippen LogP contribution in [0.15, 0.2) is 42.6 Å². The molecule has 2 aromatic rings. The number of hydrogen-bond donors (Lipinski definition) is 1. The molecule has 0 amide bonds. The van der Waals surface area contributed by atoms with Gasteiger partial charge in [0.15, 0.2) is 0 Å². The number of ether oxygens (including phenoxy) is 1. The van der Waals surface area contributed by atoms with E-state index >= 15 is 0 Å². The number of pyridine rings is 1. The molecule has 30 heavy (non-hydrogen) atoms. The summed E-state index contributed by atoms with van der Waals surface area (Å²) in [7, 11) is 0. The second-order valence-corrected chi connectivity index (χ2v) is 6.88. The van der Waals surface area contributed by atoms with Crippen molar-refractivity contribution in [2.75, 3.05) is 6.54 Å². The van der Waals surface area contributed by atoms with Crippen LogP contribution in [0, 0.1) is 10.1 Å². The molecular weight excluding hydrogens is 405 g/mol. The number of carbonyl (C=O) groups excluding carboxylic acids is 1. The first-order valence-corrected chi connectivity index (χ1v) is 9.12. The fraction of sp³-hybridized carbons (Fsp3) is 0.368. The van der Waals surface area contributed by atoms with Crippen LogP contribution in [-0.4, -0.2) is 45.9 Å². The Morgan fingerprint density at radius 2 is 1.97 bits per heavy atom. The highest BCUT2D eigenvalue weighted by molar-refractivity contribution is 5.59. The maximum atomic E-state index is 13.4. The van der Waals surface area contributed by atoms with Gasteiger partial charge in [-0.05, 0) is 37.1 Å². The number of nitrogens with two attached hydrogens (primary N) is 1. The molecule has 0 bridgehead atoms. The van der Waals surface area contributed by atoms with Crippen molar-refractivity contribution >= 4 is 12.0 Å². The third-order valence-corrected chi connectivity index (χ3v) is 4.93. The highest BCUT2D eigenvalue weighted by Crippen LogP contribution is 2.39. The Balaban J connectivity index is 1.80. The van der Waals surface area contributed by atoms with Crippen molar-refractivity contribution < 1.29 is 27.6 Å². The van der Waals surface area contributed by atoms with Gasteiger partial charge in [-0.3, -0.25) is 15.0 Å². The average molecular weight is 424 g/mol. The number of carbonyl (C=O) groups is 1. The minimum absolute atomic E-state index is 0.0431. The number of rotatable bonds is 7. The van der Waals surface area contributed by atoms with E-state index in [9.17, 15) is 28.1 Å². The van der Waals surface area contributed by atoms with Gasteiger partial charge in [0.2, 0.25) is 5.88 Å². The number of alkyl halides is 3. The van der Waals surface area contributed by atoms with Crippen LogP contribution < -0.4 is 10.5 Å². The van der Waals surface area contributed by atoms with Crippen LogP contribution >= 0.6 is 0 Å². The molecule has 0 saturated carbocycles. The largest absolute Gasteiger partial charge is 0.439 e. The molecule has 1 unspecified atom stereocenters. The summed E-state index contributed by atoms with van der Waals surface area (Å²) in [6.45, 7) is 0.182. The lowest BCUT2D eigenvalue weighted by atomic mass is 9.97. The van der Waals surface area contributed by atoms with Crippen molar-refractivity contribution in [3.05, 3.63) is 58.3 Å². The van der Waals surface area contributed by atoms with Crippen LogP contribution in [0.1, 0.15) is 24.4 Å². The Kier molecular flexibility index (Phi) is 6.32. The van der Waals surface area contributed by atoms with E-state index < -0.39 is 29.2 Å². The highest BCUT2D eigenvalue weighted by atomic mass is 19.4.